The highest BCUT2D eigenvalue weighted by atomic mass is 16.6. The third kappa shape index (κ3) is 7.40. The van der Waals surface area contributed by atoms with Gasteiger partial charge in [0.25, 0.3) is 0 Å². The Morgan fingerprint density at radius 1 is 0.929 bits per heavy atom. The fraction of sp³-hybridized carbons (Fsp3) is 0.364. The normalized spacial score (nSPS) is 10.9. The first-order valence-electron chi connectivity index (χ1n) is 9.13. The van der Waals surface area contributed by atoms with Gasteiger partial charge in [0.05, 0.1) is 19.3 Å². The maximum atomic E-state index is 11.4. The fourth-order valence-electron chi connectivity index (χ4n) is 2.31. The molecular weight excluding hydrogens is 358 g/mol. The highest BCUT2D eigenvalue weighted by Gasteiger charge is 2.20. The van der Waals surface area contributed by atoms with Gasteiger partial charge in [0.1, 0.15) is 0 Å². The van der Waals surface area contributed by atoms with Crippen molar-refractivity contribution in [2.24, 2.45) is 0 Å². The Kier molecular flexibility index (Phi) is 10.4. The first kappa shape index (κ1) is 23.2. The Labute approximate surface area is 167 Å². The van der Waals surface area contributed by atoms with Gasteiger partial charge in [-0.3, -0.25) is 0 Å². The summed E-state index contributed by atoms with van der Waals surface area (Å²) >= 11 is 0. The second-order valence-corrected chi connectivity index (χ2v) is 5.93. The molecule has 6 nitrogen and oxygen atoms in total. The molecule has 0 amide bonds. The van der Waals surface area contributed by atoms with Crippen molar-refractivity contribution in [3.05, 3.63) is 65.7 Å². The van der Waals surface area contributed by atoms with Gasteiger partial charge >= 0.3 is 11.9 Å². The minimum absolute atomic E-state index is 0.266. The van der Waals surface area contributed by atoms with E-state index in [0.29, 0.717) is 18.8 Å². The van der Waals surface area contributed by atoms with Crippen LogP contribution in [0.25, 0.3) is 0 Å². The van der Waals surface area contributed by atoms with Crippen LogP contribution in [0, 0.1) is 0 Å². The summed E-state index contributed by atoms with van der Waals surface area (Å²) in [5, 5.41) is 0. The van der Waals surface area contributed by atoms with E-state index in [1.54, 1.807) is 19.1 Å². The van der Waals surface area contributed by atoms with Crippen LogP contribution in [0.2, 0.25) is 0 Å². The minimum Gasteiger partial charge on any atom is -0.467 e. The SMILES string of the molecule is CCOC(=O)c1ccc(N(C)C)cc1.CCOC(C(=O)OC)c1ccccc1. The summed E-state index contributed by atoms with van der Waals surface area (Å²) in [6.45, 7) is 4.54. The monoisotopic (exact) mass is 387 g/mol. The molecule has 0 bridgehead atoms. The molecular formula is C22H29NO5. The summed E-state index contributed by atoms with van der Waals surface area (Å²) in [5.74, 6) is -0.629. The Bertz CT molecular complexity index is 713. The number of esters is 2. The molecule has 28 heavy (non-hydrogen) atoms. The molecule has 2 aromatic carbocycles. The molecule has 0 aliphatic rings. The lowest BCUT2D eigenvalue weighted by Gasteiger charge is -2.14. The summed E-state index contributed by atoms with van der Waals surface area (Å²) in [6, 6.07) is 16.6. The molecule has 1 atom stereocenters. The van der Waals surface area contributed by atoms with Crippen LogP contribution in [0.15, 0.2) is 54.6 Å². The summed E-state index contributed by atoms with van der Waals surface area (Å²) in [7, 11) is 5.27. The summed E-state index contributed by atoms with van der Waals surface area (Å²) in [4.78, 5) is 24.6. The van der Waals surface area contributed by atoms with Gasteiger partial charge < -0.3 is 19.1 Å². The van der Waals surface area contributed by atoms with Crippen molar-refractivity contribution in [1.29, 1.82) is 0 Å². The highest BCUT2D eigenvalue weighted by Crippen LogP contribution is 2.18. The average molecular weight is 387 g/mol. The van der Waals surface area contributed by atoms with Crippen molar-refractivity contribution in [3.8, 4) is 0 Å². The van der Waals surface area contributed by atoms with Crippen LogP contribution in [-0.4, -0.2) is 46.4 Å². The van der Waals surface area contributed by atoms with E-state index >= 15 is 0 Å². The second kappa shape index (κ2) is 12.5. The third-order valence-corrected chi connectivity index (χ3v) is 3.75. The standard InChI is InChI=1S/C11H15NO2.C11H14O3/c1-4-14-11(13)9-5-7-10(8-6-9)12(2)3;1-3-14-10(11(12)13-2)9-7-5-4-6-8-9/h5-8H,4H2,1-3H3;4-8,10H,3H2,1-2H3. The summed E-state index contributed by atoms with van der Waals surface area (Å²) in [6.07, 6.45) is -0.605. The lowest BCUT2D eigenvalue weighted by Crippen LogP contribution is -2.17. The zero-order valence-corrected chi connectivity index (χ0v) is 17.2. The number of methoxy groups -OCH3 is 1. The second-order valence-electron chi connectivity index (χ2n) is 5.93. The van der Waals surface area contributed by atoms with Crippen LogP contribution in [0.4, 0.5) is 5.69 Å². The number of hydrogen-bond acceptors (Lipinski definition) is 6. The maximum absolute atomic E-state index is 11.4. The van der Waals surface area contributed by atoms with Crippen molar-refractivity contribution in [2.45, 2.75) is 20.0 Å². The molecule has 1 unspecified atom stereocenters. The van der Waals surface area contributed by atoms with E-state index in [4.69, 9.17) is 9.47 Å². The molecule has 0 saturated carbocycles. The quantitative estimate of drug-likeness (QED) is 0.672. The van der Waals surface area contributed by atoms with E-state index in [0.717, 1.165) is 11.3 Å². The first-order valence-corrected chi connectivity index (χ1v) is 9.13. The van der Waals surface area contributed by atoms with Gasteiger partial charge in [-0.15, -0.1) is 0 Å². The Morgan fingerprint density at radius 3 is 2.00 bits per heavy atom. The van der Waals surface area contributed by atoms with E-state index in [9.17, 15) is 9.59 Å². The number of rotatable bonds is 7. The number of benzene rings is 2. The molecule has 6 heteroatoms. The van der Waals surface area contributed by atoms with Crippen molar-refractivity contribution in [1.82, 2.24) is 0 Å². The smallest absolute Gasteiger partial charge is 0.339 e. The van der Waals surface area contributed by atoms with Gasteiger partial charge in [-0.1, -0.05) is 30.3 Å². The van der Waals surface area contributed by atoms with Gasteiger partial charge in [0.2, 0.25) is 0 Å². The molecule has 0 heterocycles. The Balaban J connectivity index is 0.000000280. The Morgan fingerprint density at radius 2 is 1.54 bits per heavy atom. The van der Waals surface area contributed by atoms with E-state index in [1.807, 2.05) is 68.4 Å². The zero-order valence-electron chi connectivity index (χ0n) is 17.2. The van der Waals surface area contributed by atoms with E-state index < -0.39 is 6.10 Å². The summed E-state index contributed by atoms with van der Waals surface area (Å²) < 4.78 is 14.8. The lowest BCUT2D eigenvalue weighted by molar-refractivity contribution is -0.154. The topological polar surface area (TPSA) is 65.1 Å². The van der Waals surface area contributed by atoms with Crippen molar-refractivity contribution in [3.63, 3.8) is 0 Å². The predicted octanol–water partition coefficient (Wildman–Crippen LogP) is 3.87. The van der Waals surface area contributed by atoms with E-state index in [2.05, 4.69) is 4.74 Å². The molecule has 0 aromatic heterocycles. The molecule has 0 radical (unpaired) electrons. The van der Waals surface area contributed by atoms with Crippen LogP contribution in [0.5, 0.6) is 0 Å². The van der Waals surface area contributed by atoms with Crippen molar-refractivity contribution in [2.75, 3.05) is 39.3 Å². The average Bonchev–Trinajstić information content (AvgIpc) is 2.73. The molecule has 0 aliphatic carbocycles. The fourth-order valence-corrected chi connectivity index (χ4v) is 2.31. The van der Waals surface area contributed by atoms with Crippen LogP contribution >= 0.6 is 0 Å². The number of nitrogens with zero attached hydrogens (tertiary/aromatic N) is 1. The minimum atomic E-state index is -0.605. The van der Waals surface area contributed by atoms with Crippen LogP contribution < -0.4 is 4.90 Å². The first-order chi connectivity index (χ1) is 13.4. The summed E-state index contributed by atoms with van der Waals surface area (Å²) in [5.41, 5.74) is 2.48. The van der Waals surface area contributed by atoms with Crippen molar-refractivity contribution >= 4 is 17.6 Å². The molecule has 0 spiro atoms. The van der Waals surface area contributed by atoms with E-state index in [-0.39, 0.29) is 11.9 Å². The molecule has 0 aliphatic heterocycles. The van der Waals surface area contributed by atoms with Crippen LogP contribution in [0.1, 0.15) is 35.9 Å². The number of anilines is 1. The Hall–Kier alpha value is -2.86. The van der Waals surface area contributed by atoms with Gasteiger partial charge in [0.15, 0.2) is 6.10 Å². The zero-order chi connectivity index (χ0) is 20.9. The highest BCUT2D eigenvalue weighted by molar-refractivity contribution is 5.89. The number of carbonyl (C=O) groups is 2. The number of hydrogen-bond donors (Lipinski definition) is 0. The van der Waals surface area contributed by atoms with Crippen LogP contribution in [-0.2, 0) is 19.0 Å². The van der Waals surface area contributed by atoms with Gasteiger partial charge in [0, 0.05) is 26.4 Å². The van der Waals surface area contributed by atoms with E-state index in [1.165, 1.54) is 7.11 Å². The third-order valence-electron chi connectivity index (χ3n) is 3.75. The van der Waals surface area contributed by atoms with Gasteiger partial charge in [-0.05, 0) is 43.7 Å². The molecule has 2 aromatic rings. The van der Waals surface area contributed by atoms with Crippen molar-refractivity contribution < 1.29 is 23.8 Å². The molecule has 0 fully saturated rings. The maximum Gasteiger partial charge on any atom is 0.339 e. The van der Waals surface area contributed by atoms with Gasteiger partial charge in [-0.25, -0.2) is 9.59 Å². The number of carbonyl (C=O) groups excluding carboxylic acids is 2. The molecule has 0 saturated heterocycles. The largest absolute Gasteiger partial charge is 0.467 e. The number of ether oxygens (including phenoxy) is 3. The lowest BCUT2D eigenvalue weighted by atomic mass is 10.1. The van der Waals surface area contributed by atoms with Gasteiger partial charge in [-0.2, -0.15) is 0 Å². The van der Waals surface area contributed by atoms with Crippen LogP contribution in [0.3, 0.4) is 0 Å². The molecule has 152 valence electrons. The molecule has 0 N–H and O–H groups in total. The predicted molar refractivity (Wildman–Crippen MR) is 110 cm³/mol. The molecule has 2 rings (SSSR count).